The van der Waals surface area contributed by atoms with Crippen molar-refractivity contribution in [2.75, 3.05) is 12.4 Å². The molecule has 0 radical (unpaired) electrons. The number of rotatable bonds is 4. The smallest absolute Gasteiger partial charge is 0.146 e. The first kappa shape index (κ1) is 13.9. The van der Waals surface area contributed by atoms with Crippen molar-refractivity contribution in [3.8, 4) is 5.69 Å². The van der Waals surface area contributed by atoms with Crippen LogP contribution in [0.25, 0.3) is 5.69 Å². The third-order valence-corrected chi connectivity index (χ3v) is 3.93. The van der Waals surface area contributed by atoms with Crippen molar-refractivity contribution >= 4 is 5.69 Å². The highest BCUT2D eigenvalue weighted by atomic mass is 19.1. The Morgan fingerprint density at radius 1 is 1.29 bits per heavy atom. The number of nitrogens with one attached hydrogen (secondary N) is 1. The van der Waals surface area contributed by atoms with Crippen LogP contribution in [0.4, 0.5) is 10.1 Å². The molecule has 1 saturated carbocycles. The summed E-state index contributed by atoms with van der Waals surface area (Å²) >= 11 is 0. The average Bonchev–Trinajstić information content (AvgIpc) is 3.04. The Kier molecular flexibility index (Phi) is 4.10. The monoisotopic (exact) mass is 291 g/mol. The summed E-state index contributed by atoms with van der Waals surface area (Å²) in [5, 5.41) is 14.3. The highest BCUT2D eigenvalue weighted by Gasteiger charge is 2.21. The van der Waals surface area contributed by atoms with Crippen LogP contribution in [-0.4, -0.2) is 39.5 Å². The van der Waals surface area contributed by atoms with Crippen LogP contribution in [0.15, 0.2) is 24.5 Å². The Bertz CT molecular complexity index is 581. The molecule has 7 heteroatoms. The average molecular weight is 291 g/mol. The Hall–Kier alpha value is -2.02. The van der Waals surface area contributed by atoms with E-state index in [1.807, 2.05) is 0 Å². The highest BCUT2D eigenvalue weighted by Crippen LogP contribution is 2.26. The molecule has 1 aromatic carbocycles. The SMILES string of the molecule is COC1CCC(Nc2cc(-n3cnnn3)ccc2F)CC1. The molecule has 21 heavy (non-hydrogen) atoms. The van der Waals surface area contributed by atoms with Crippen LogP contribution >= 0.6 is 0 Å². The van der Waals surface area contributed by atoms with Crippen molar-refractivity contribution < 1.29 is 9.13 Å². The minimum atomic E-state index is -0.263. The second-order valence-corrected chi connectivity index (χ2v) is 5.27. The van der Waals surface area contributed by atoms with E-state index < -0.39 is 0 Å². The maximum absolute atomic E-state index is 14.0. The van der Waals surface area contributed by atoms with Gasteiger partial charge >= 0.3 is 0 Å². The normalized spacial score (nSPS) is 22.2. The number of benzene rings is 1. The van der Waals surface area contributed by atoms with Crippen LogP contribution in [-0.2, 0) is 4.74 Å². The highest BCUT2D eigenvalue weighted by molar-refractivity contribution is 5.52. The van der Waals surface area contributed by atoms with Crippen molar-refractivity contribution in [1.82, 2.24) is 20.2 Å². The molecule has 1 aliphatic rings. The van der Waals surface area contributed by atoms with Gasteiger partial charge in [-0.1, -0.05) is 0 Å². The fraction of sp³-hybridized carbons (Fsp3) is 0.500. The van der Waals surface area contributed by atoms with E-state index in [4.69, 9.17) is 4.74 Å². The zero-order chi connectivity index (χ0) is 14.7. The number of aromatic nitrogens is 4. The molecule has 112 valence electrons. The van der Waals surface area contributed by atoms with E-state index in [0.29, 0.717) is 11.8 Å². The molecule has 0 aliphatic heterocycles. The fourth-order valence-electron chi connectivity index (χ4n) is 2.71. The van der Waals surface area contributed by atoms with Gasteiger partial charge in [-0.05, 0) is 54.3 Å². The number of anilines is 1. The lowest BCUT2D eigenvalue weighted by Crippen LogP contribution is -2.29. The number of methoxy groups -OCH3 is 1. The van der Waals surface area contributed by atoms with Crippen LogP contribution in [0.1, 0.15) is 25.7 Å². The lowest BCUT2D eigenvalue weighted by molar-refractivity contribution is 0.0681. The Morgan fingerprint density at radius 3 is 2.76 bits per heavy atom. The number of nitrogens with zero attached hydrogens (tertiary/aromatic N) is 4. The molecule has 1 aliphatic carbocycles. The van der Waals surface area contributed by atoms with Crippen LogP contribution < -0.4 is 5.32 Å². The van der Waals surface area contributed by atoms with Gasteiger partial charge in [-0.2, -0.15) is 0 Å². The summed E-state index contributed by atoms with van der Waals surface area (Å²) in [4.78, 5) is 0. The van der Waals surface area contributed by atoms with Crippen molar-refractivity contribution in [2.45, 2.75) is 37.8 Å². The summed E-state index contributed by atoms with van der Waals surface area (Å²) in [7, 11) is 1.74. The fourth-order valence-corrected chi connectivity index (χ4v) is 2.71. The molecule has 0 bridgehead atoms. The van der Waals surface area contributed by atoms with Gasteiger partial charge in [-0.15, -0.1) is 5.10 Å². The summed E-state index contributed by atoms with van der Waals surface area (Å²) in [5.74, 6) is -0.263. The lowest BCUT2D eigenvalue weighted by atomic mass is 9.93. The second-order valence-electron chi connectivity index (χ2n) is 5.27. The van der Waals surface area contributed by atoms with Gasteiger partial charge in [0.25, 0.3) is 0 Å². The molecule has 0 saturated heterocycles. The van der Waals surface area contributed by atoms with Gasteiger partial charge < -0.3 is 10.1 Å². The minimum absolute atomic E-state index is 0.263. The zero-order valence-corrected chi connectivity index (χ0v) is 11.9. The van der Waals surface area contributed by atoms with Crippen LogP contribution in [0.2, 0.25) is 0 Å². The van der Waals surface area contributed by atoms with E-state index in [0.717, 1.165) is 31.4 Å². The first-order valence-electron chi connectivity index (χ1n) is 7.08. The number of ether oxygens (including phenoxy) is 1. The number of tetrazole rings is 1. The predicted octanol–water partition coefficient (Wildman–Crippen LogP) is 2.17. The summed E-state index contributed by atoms with van der Waals surface area (Å²) in [6.45, 7) is 0. The Balaban J connectivity index is 1.72. The summed E-state index contributed by atoms with van der Waals surface area (Å²) in [6, 6.07) is 5.09. The van der Waals surface area contributed by atoms with Gasteiger partial charge in [0.2, 0.25) is 0 Å². The van der Waals surface area contributed by atoms with E-state index in [2.05, 4.69) is 20.8 Å². The first-order chi connectivity index (χ1) is 10.3. The molecule has 6 nitrogen and oxygen atoms in total. The van der Waals surface area contributed by atoms with Gasteiger partial charge in [0, 0.05) is 13.2 Å². The van der Waals surface area contributed by atoms with Crippen molar-refractivity contribution in [3.05, 3.63) is 30.3 Å². The molecule has 0 unspecified atom stereocenters. The van der Waals surface area contributed by atoms with Gasteiger partial charge in [0.15, 0.2) is 0 Å². The largest absolute Gasteiger partial charge is 0.381 e. The topological polar surface area (TPSA) is 64.9 Å². The number of hydrogen-bond donors (Lipinski definition) is 1. The van der Waals surface area contributed by atoms with Crippen LogP contribution in [0.3, 0.4) is 0 Å². The molecule has 1 fully saturated rings. The number of hydrogen-bond acceptors (Lipinski definition) is 5. The molecular formula is C14H18FN5O. The van der Waals surface area contributed by atoms with E-state index >= 15 is 0 Å². The van der Waals surface area contributed by atoms with Gasteiger partial charge in [0.1, 0.15) is 12.1 Å². The Morgan fingerprint density at radius 2 is 2.10 bits per heavy atom. The quantitative estimate of drug-likeness (QED) is 0.935. The summed E-state index contributed by atoms with van der Waals surface area (Å²) in [5.41, 5.74) is 1.22. The van der Waals surface area contributed by atoms with Crippen LogP contribution in [0.5, 0.6) is 0 Å². The lowest BCUT2D eigenvalue weighted by Gasteiger charge is -2.29. The minimum Gasteiger partial charge on any atom is -0.381 e. The molecule has 0 atom stereocenters. The van der Waals surface area contributed by atoms with E-state index in [9.17, 15) is 4.39 Å². The van der Waals surface area contributed by atoms with Crippen molar-refractivity contribution in [3.63, 3.8) is 0 Å². The third-order valence-electron chi connectivity index (χ3n) is 3.93. The summed E-state index contributed by atoms with van der Waals surface area (Å²) in [6.07, 6.45) is 5.78. The maximum atomic E-state index is 14.0. The van der Waals surface area contributed by atoms with Crippen LogP contribution in [0, 0.1) is 5.82 Å². The predicted molar refractivity (Wildman–Crippen MR) is 75.8 cm³/mol. The molecule has 1 N–H and O–H groups in total. The van der Waals surface area contributed by atoms with Crippen molar-refractivity contribution in [1.29, 1.82) is 0 Å². The maximum Gasteiger partial charge on any atom is 0.146 e. The molecule has 0 amide bonds. The van der Waals surface area contributed by atoms with Crippen molar-refractivity contribution in [2.24, 2.45) is 0 Å². The summed E-state index contributed by atoms with van der Waals surface area (Å²) < 4.78 is 20.8. The molecule has 0 spiro atoms. The van der Waals surface area contributed by atoms with Gasteiger partial charge in [-0.25, -0.2) is 9.07 Å². The zero-order valence-electron chi connectivity index (χ0n) is 11.9. The standard InChI is InChI=1S/C14H18FN5O/c1-21-12-5-2-10(3-6-12)17-14-8-11(4-7-13(14)15)20-9-16-18-19-20/h4,7-10,12,17H,2-3,5-6H2,1H3. The van der Waals surface area contributed by atoms with E-state index in [-0.39, 0.29) is 11.9 Å². The molecule has 1 aromatic heterocycles. The van der Waals surface area contributed by atoms with E-state index in [1.165, 1.54) is 17.1 Å². The molecule has 1 heterocycles. The molecular weight excluding hydrogens is 273 g/mol. The molecule has 3 rings (SSSR count). The molecule has 2 aromatic rings. The first-order valence-corrected chi connectivity index (χ1v) is 7.08. The number of halogens is 1. The third kappa shape index (κ3) is 3.18. The van der Waals surface area contributed by atoms with E-state index in [1.54, 1.807) is 19.2 Å². The van der Waals surface area contributed by atoms with Gasteiger partial charge in [-0.3, -0.25) is 0 Å². The second kappa shape index (κ2) is 6.17. The van der Waals surface area contributed by atoms with Gasteiger partial charge in [0.05, 0.1) is 17.5 Å². The Labute approximate surface area is 122 Å².